The Morgan fingerprint density at radius 1 is 1.55 bits per heavy atom. The van der Waals surface area contributed by atoms with Gasteiger partial charge in [-0.3, -0.25) is 4.90 Å². The summed E-state index contributed by atoms with van der Waals surface area (Å²) in [5.41, 5.74) is 0. The third kappa shape index (κ3) is 5.90. The summed E-state index contributed by atoms with van der Waals surface area (Å²) in [6, 6.07) is 0. The van der Waals surface area contributed by atoms with Crippen LogP contribution in [0.25, 0.3) is 0 Å². The molecule has 0 atom stereocenters. The second kappa shape index (κ2) is 7.59. The highest BCUT2D eigenvalue weighted by Crippen LogP contribution is 1.91. The molecule has 11 heavy (non-hydrogen) atoms. The Balaban J connectivity index is 3.44. The fourth-order valence-electron chi connectivity index (χ4n) is 0.948. The summed E-state index contributed by atoms with van der Waals surface area (Å²) >= 11 is 0. The molecule has 0 amide bonds. The molecule has 0 radical (unpaired) electrons. The van der Waals surface area contributed by atoms with E-state index in [1.54, 1.807) is 0 Å². The molecule has 0 saturated carbocycles. The van der Waals surface area contributed by atoms with Gasteiger partial charge in [-0.15, -0.1) is 6.42 Å². The number of nitrogens with zero attached hydrogens (tertiary/aromatic N) is 1. The van der Waals surface area contributed by atoms with Gasteiger partial charge in [0.1, 0.15) is 0 Å². The number of terminal acetylenes is 1. The minimum atomic E-state index is 0.751. The first-order valence-corrected chi connectivity index (χ1v) is 4.15. The van der Waals surface area contributed by atoms with Gasteiger partial charge in [0.25, 0.3) is 0 Å². The average molecular weight is 154 g/mol. The fraction of sp³-hybridized carbons (Fsp3) is 0.778. The minimum absolute atomic E-state index is 0.751. The highest BCUT2D eigenvalue weighted by molar-refractivity contribution is 4.87. The van der Waals surface area contributed by atoms with Crippen molar-refractivity contribution in [2.24, 2.45) is 0 Å². The van der Waals surface area contributed by atoms with Crippen LogP contribution in [0.4, 0.5) is 0 Å². The largest absolute Gasteiger partial charge is 0.307 e. The van der Waals surface area contributed by atoms with E-state index in [1.807, 2.05) is 7.05 Å². The predicted octanol–water partition coefficient (Wildman–Crippen LogP) is 0.899. The van der Waals surface area contributed by atoms with Gasteiger partial charge in [-0.05, 0) is 13.5 Å². The molecule has 0 rings (SSSR count). The monoisotopic (exact) mass is 154 g/mol. The molecule has 0 aliphatic heterocycles. The van der Waals surface area contributed by atoms with Gasteiger partial charge < -0.3 is 5.32 Å². The molecular formula is C9H18N2. The summed E-state index contributed by atoms with van der Waals surface area (Å²) in [4.78, 5) is 2.23. The molecule has 0 aliphatic carbocycles. The molecule has 0 heterocycles. The van der Waals surface area contributed by atoms with Crippen molar-refractivity contribution in [3.05, 3.63) is 0 Å². The van der Waals surface area contributed by atoms with Gasteiger partial charge in [-0.1, -0.05) is 19.3 Å². The summed E-state index contributed by atoms with van der Waals surface area (Å²) in [5, 5.41) is 3.09. The Kier molecular flexibility index (Phi) is 7.23. The fourth-order valence-corrected chi connectivity index (χ4v) is 0.948. The second-order valence-corrected chi connectivity index (χ2v) is 2.62. The van der Waals surface area contributed by atoms with Crippen LogP contribution >= 0.6 is 0 Å². The van der Waals surface area contributed by atoms with Gasteiger partial charge in [-0.2, -0.15) is 0 Å². The molecule has 2 heteroatoms. The summed E-state index contributed by atoms with van der Waals surface area (Å²) in [5.74, 6) is 2.65. The lowest BCUT2D eigenvalue weighted by atomic mass is 10.3. The van der Waals surface area contributed by atoms with Crippen LogP contribution in [-0.4, -0.2) is 31.7 Å². The highest BCUT2D eigenvalue weighted by Gasteiger charge is 1.98. The number of hydrogen-bond donors (Lipinski definition) is 1. The van der Waals surface area contributed by atoms with Gasteiger partial charge in [0.05, 0.1) is 6.54 Å². The topological polar surface area (TPSA) is 15.3 Å². The molecule has 0 bridgehead atoms. The lowest BCUT2D eigenvalue weighted by molar-refractivity contribution is 0.287. The van der Waals surface area contributed by atoms with Crippen molar-refractivity contribution in [2.45, 2.75) is 19.8 Å². The number of hydrogen-bond acceptors (Lipinski definition) is 2. The van der Waals surface area contributed by atoms with E-state index in [9.17, 15) is 0 Å². The smallest absolute Gasteiger partial charge is 0.0610 e. The van der Waals surface area contributed by atoms with Crippen molar-refractivity contribution >= 4 is 0 Å². The standard InChI is InChI=1S/C9H18N2/c1-4-6-8-11(7-5-2)9-10-3/h2,10H,4,6-9H2,1,3H3. The van der Waals surface area contributed by atoms with E-state index in [-0.39, 0.29) is 0 Å². The third-order valence-electron chi connectivity index (χ3n) is 1.52. The third-order valence-corrected chi connectivity index (χ3v) is 1.52. The SMILES string of the molecule is C#CCN(CCCC)CNC. The lowest BCUT2D eigenvalue weighted by Crippen LogP contribution is -2.33. The summed E-state index contributed by atoms with van der Waals surface area (Å²) < 4.78 is 0. The van der Waals surface area contributed by atoms with E-state index >= 15 is 0 Å². The summed E-state index contributed by atoms with van der Waals surface area (Å²) in [6.45, 7) is 4.93. The molecule has 2 nitrogen and oxygen atoms in total. The Morgan fingerprint density at radius 2 is 2.27 bits per heavy atom. The number of unbranched alkanes of at least 4 members (excludes halogenated alkanes) is 1. The van der Waals surface area contributed by atoms with Crippen LogP contribution in [0, 0.1) is 12.3 Å². The molecule has 0 aromatic carbocycles. The lowest BCUT2D eigenvalue weighted by Gasteiger charge is -2.18. The highest BCUT2D eigenvalue weighted by atomic mass is 15.2. The number of nitrogens with one attached hydrogen (secondary N) is 1. The Hall–Kier alpha value is -0.520. The normalized spacial score (nSPS) is 10.0. The van der Waals surface area contributed by atoms with E-state index in [2.05, 4.69) is 23.1 Å². The number of rotatable bonds is 6. The zero-order valence-corrected chi connectivity index (χ0v) is 7.56. The molecule has 0 fully saturated rings. The molecule has 0 aromatic rings. The first-order valence-electron chi connectivity index (χ1n) is 4.15. The molecular weight excluding hydrogens is 136 g/mol. The maximum atomic E-state index is 5.21. The van der Waals surface area contributed by atoms with E-state index in [0.717, 1.165) is 19.8 Å². The molecule has 0 aromatic heterocycles. The zero-order chi connectivity index (χ0) is 8.53. The Morgan fingerprint density at radius 3 is 2.73 bits per heavy atom. The van der Waals surface area contributed by atoms with E-state index in [1.165, 1.54) is 12.8 Å². The molecule has 0 aliphatic rings. The Labute approximate surface area is 70.0 Å². The van der Waals surface area contributed by atoms with Crippen molar-refractivity contribution in [1.82, 2.24) is 10.2 Å². The van der Waals surface area contributed by atoms with Crippen molar-refractivity contribution in [3.8, 4) is 12.3 Å². The minimum Gasteiger partial charge on any atom is -0.307 e. The maximum absolute atomic E-state index is 5.21. The first kappa shape index (κ1) is 10.5. The van der Waals surface area contributed by atoms with Crippen molar-refractivity contribution in [3.63, 3.8) is 0 Å². The van der Waals surface area contributed by atoms with Crippen LogP contribution in [0.1, 0.15) is 19.8 Å². The predicted molar refractivity (Wildman–Crippen MR) is 49.2 cm³/mol. The van der Waals surface area contributed by atoms with E-state index in [4.69, 9.17) is 6.42 Å². The van der Waals surface area contributed by atoms with Crippen LogP contribution in [0.15, 0.2) is 0 Å². The molecule has 1 N–H and O–H groups in total. The summed E-state index contributed by atoms with van der Waals surface area (Å²) in [6.07, 6.45) is 7.66. The average Bonchev–Trinajstić information content (AvgIpc) is 2.01. The second-order valence-electron chi connectivity index (χ2n) is 2.62. The van der Waals surface area contributed by atoms with Crippen LogP contribution in [0.3, 0.4) is 0 Å². The Bertz CT molecular complexity index is 115. The van der Waals surface area contributed by atoms with Crippen molar-refractivity contribution in [2.75, 3.05) is 26.8 Å². The van der Waals surface area contributed by atoms with Crippen molar-refractivity contribution in [1.29, 1.82) is 0 Å². The molecule has 64 valence electrons. The maximum Gasteiger partial charge on any atom is 0.0610 e. The van der Waals surface area contributed by atoms with E-state index < -0.39 is 0 Å². The molecule has 0 saturated heterocycles. The first-order chi connectivity index (χ1) is 5.35. The molecule has 0 unspecified atom stereocenters. The van der Waals surface area contributed by atoms with Crippen LogP contribution in [-0.2, 0) is 0 Å². The van der Waals surface area contributed by atoms with Crippen LogP contribution in [0.5, 0.6) is 0 Å². The quantitative estimate of drug-likeness (QED) is 0.451. The van der Waals surface area contributed by atoms with Gasteiger partial charge in [0, 0.05) is 13.2 Å². The van der Waals surface area contributed by atoms with E-state index in [0.29, 0.717) is 0 Å². The van der Waals surface area contributed by atoms with Crippen LogP contribution < -0.4 is 5.32 Å². The van der Waals surface area contributed by atoms with Crippen molar-refractivity contribution < 1.29 is 0 Å². The zero-order valence-electron chi connectivity index (χ0n) is 7.56. The van der Waals surface area contributed by atoms with Gasteiger partial charge in [-0.25, -0.2) is 0 Å². The van der Waals surface area contributed by atoms with Gasteiger partial charge in [0.2, 0.25) is 0 Å². The van der Waals surface area contributed by atoms with Gasteiger partial charge >= 0.3 is 0 Å². The summed E-state index contributed by atoms with van der Waals surface area (Å²) in [7, 11) is 1.94. The van der Waals surface area contributed by atoms with Crippen LogP contribution in [0.2, 0.25) is 0 Å². The van der Waals surface area contributed by atoms with Gasteiger partial charge in [0.15, 0.2) is 0 Å². The molecule has 0 spiro atoms.